The van der Waals surface area contributed by atoms with Gasteiger partial charge in [0.1, 0.15) is 11.6 Å². The van der Waals surface area contributed by atoms with E-state index < -0.39 is 0 Å². The molecule has 18 heavy (non-hydrogen) atoms. The minimum absolute atomic E-state index is 0.0839. The van der Waals surface area contributed by atoms with E-state index in [0.717, 1.165) is 5.56 Å². The highest BCUT2D eigenvalue weighted by Gasteiger charge is 2.11. The van der Waals surface area contributed by atoms with Gasteiger partial charge in [-0.05, 0) is 33.3 Å². The van der Waals surface area contributed by atoms with Crippen LogP contribution in [0, 0.1) is 13.8 Å². The molecule has 0 spiro atoms. The largest absolute Gasteiger partial charge is 0.299 e. The SMILES string of the molecule is CC(=O)CN(CC(C)=O)Cc1cc(C)cc(C)c1. The number of Topliss-reactive ketones (excluding diaryl/α,β-unsaturated/α-hetero) is 2. The third kappa shape index (κ3) is 5.23. The molecule has 0 unspecified atom stereocenters. The fraction of sp³-hybridized carbons (Fsp3) is 0.467. The van der Waals surface area contributed by atoms with Gasteiger partial charge in [0.05, 0.1) is 13.1 Å². The van der Waals surface area contributed by atoms with Gasteiger partial charge in [0.15, 0.2) is 0 Å². The molecular formula is C15H21NO2. The second-order valence-corrected chi connectivity index (χ2v) is 5.05. The molecular weight excluding hydrogens is 226 g/mol. The lowest BCUT2D eigenvalue weighted by atomic mass is 10.1. The molecule has 0 amide bonds. The highest BCUT2D eigenvalue weighted by Crippen LogP contribution is 2.11. The van der Waals surface area contributed by atoms with Crippen molar-refractivity contribution in [3.8, 4) is 0 Å². The molecule has 1 aromatic carbocycles. The summed E-state index contributed by atoms with van der Waals surface area (Å²) in [5.41, 5.74) is 3.56. The Kier molecular flexibility index (Phi) is 5.23. The van der Waals surface area contributed by atoms with Gasteiger partial charge in [-0.2, -0.15) is 0 Å². The Labute approximate surface area is 109 Å². The molecule has 0 saturated carbocycles. The maximum Gasteiger partial charge on any atom is 0.143 e. The lowest BCUT2D eigenvalue weighted by molar-refractivity contribution is -0.121. The minimum Gasteiger partial charge on any atom is -0.299 e. The molecule has 98 valence electrons. The van der Waals surface area contributed by atoms with Crippen molar-refractivity contribution >= 4 is 11.6 Å². The first-order valence-electron chi connectivity index (χ1n) is 6.15. The summed E-state index contributed by atoms with van der Waals surface area (Å²) < 4.78 is 0. The third-order valence-corrected chi connectivity index (χ3v) is 2.58. The molecule has 1 rings (SSSR count). The molecule has 0 heterocycles. The number of aryl methyl sites for hydroxylation is 2. The van der Waals surface area contributed by atoms with E-state index in [-0.39, 0.29) is 11.6 Å². The number of benzene rings is 1. The highest BCUT2D eigenvalue weighted by atomic mass is 16.1. The number of carbonyl (C=O) groups excluding carboxylic acids is 2. The van der Waals surface area contributed by atoms with Gasteiger partial charge in [0.25, 0.3) is 0 Å². The van der Waals surface area contributed by atoms with E-state index in [2.05, 4.69) is 32.0 Å². The maximum absolute atomic E-state index is 11.2. The van der Waals surface area contributed by atoms with Crippen molar-refractivity contribution in [1.82, 2.24) is 4.90 Å². The van der Waals surface area contributed by atoms with Crippen LogP contribution in [0.15, 0.2) is 18.2 Å². The maximum atomic E-state index is 11.2. The highest BCUT2D eigenvalue weighted by molar-refractivity contribution is 5.80. The Bertz CT molecular complexity index is 416. The molecule has 3 nitrogen and oxygen atoms in total. The zero-order valence-corrected chi connectivity index (χ0v) is 11.6. The lowest BCUT2D eigenvalue weighted by Gasteiger charge is -2.20. The summed E-state index contributed by atoms with van der Waals surface area (Å²) in [5, 5.41) is 0. The van der Waals surface area contributed by atoms with E-state index in [9.17, 15) is 9.59 Å². The third-order valence-electron chi connectivity index (χ3n) is 2.58. The van der Waals surface area contributed by atoms with Crippen molar-refractivity contribution in [2.45, 2.75) is 34.2 Å². The number of ketones is 2. The summed E-state index contributed by atoms with van der Waals surface area (Å²) in [6, 6.07) is 6.31. The first-order valence-corrected chi connectivity index (χ1v) is 6.15. The van der Waals surface area contributed by atoms with Crippen LogP contribution in [0.2, 0.25) is 0 Å². The summed E-state index contributed by atoms with van der Waals surface area (Å²) in [5.74, 6) is 0.168. The van der Waals surface area contributed by atoms with Gasteiger partial charge >= 0.3 is 0 Å². The minimum atomic E-state index is 0.0839. The Morgan fingerprint density at radius 2 is 1.39 bits per heavy atom. The number of rotatable bonds is 6. The number of hydrogen-bond donors (Lipinski definition) is 0. The Balaban J connectivity index is 2.80. The van der Waals surface area contributed by atoms with E-state index in [1.165, 1.54) is 11.1 Å². The summed E-state index contributed by atoms with van der Waals surface area (Å²) in [6.07, 6.45) is 0. The standard InChI is InChI=1S/C15H21NO2/c1-11-5-12(2)7-15(6-11)10-16(8-13(3)17)9-14(4)18/h5-7H,8-10H2,1-4H3. The average Bonchev–Trinajstić information content (AvgIpc) is 2.12. The van der Waals surface area contributed by atoms with Crippen LogP contribution in [-0.4, -0.2) is 29.6 Å². The van der Waals surface area contributed by atoms with Crippen molar-refractivity contribution in [2.75, 3.05) is 13.1 Å². The molecule has 0 aliphatic carbocycles. The van der Waals surface area contributed by atoms with E-state index in [1.807, 2.05) is 4.90 Å². The first-order chi connectivity index (χ1) is 8.36. The van der Waals surface area contributed by atoms with Crippen LogP contribution in [-0.2, 0) is 16.1 Å². The van der Waals surface area contributed by atoms with Crippen molar-refractivity contribution < 1.29 is 9.59 Å². The summed E-state index contributed by atoms with van der Waals surface area (Å²) >= 11 is 0. The van der Waals surface area contributed by atoms with E-state index in [0.29, 0.717) is 19.6 Å². The van der Waals surface area contributed by atoms with Crippen LogP contribution < -0.4 is 0 Å². The molecule has 0 bridgehead atoms. The molecule has 0 aliphatic heterocycles. The van der Waals surface area contributed by atoms with Crippen molar-refractivity contribution in [1.29, 1.82) is 0 Å². The number of nitrogens with zero attached hydrogens (tertiary/aromatic N) is 1. The Morgan fingerprint density at radius 3 is 1.78 bits per heavy atom. The number of hydrogen-bond acceptors (Lipinski definition) is 3. The first kappa shape index (κ1) is 14.6. The van der Waals surface area contributed by atoms with Crippen molar-refractivity contribution in [2.24, 2.45) is 0 Å². The molecule has 0 saturated heterocycles. The van der Waals surface area contributed by atoms with Crippen molar-refractivity contribution in [3.05, 3.63) is 34.9 Å². The Morgan fingerprint density at radius 1 is 0.944 bits per heavy atom. The van der Waals surface area contributed by atoms with Gasteiger partial charge in [-0.15, -0.1) is 0 Å². The molecule has 0 aliphatic rings. The van der Waals surface area contributed by atoms with Crippen LogP contribution in [0.4, 0.5) is 0 Å². The molecule has 0 aromatic heterocycles. The van der Waals surface area contributed by atoms with Gasteiger partial charge in [-0.3, -0.25) is 14.5 Å². The topological polar surface area (TPSA) is 37.4 Å². The zero-order chi connectivity index (χ0) is 13.7. The summed E-state index contributed by atoms with van der Waals surface area (Å²) in [4.78, 5) is 24.3. The quantitative estimate of drug-likeness (QED) is 0.774. The normalized spacial score (nSPS) is 10.7. The van der Waals surface area contributed by atoms with Gasteiger partial charge < -0.3 is 0 Å². The lowest BCUT2D eigenvalue weighted by Crippen LogP contribution is -2.32. The summed E-state index contributed by atoms with van der Waals surface area (Å²) in [6.45, 7) is 8.50. The fourth-order valence-electron chi connectivity index (χ4n) is 2.22. The predicted molar refractivity (Wildman–Crippen MR) is 72.6 cm³/mol. The monoisotopic (exact) mass is 247 g/mol. The molecule has 3 heteroatoms. The average molecular weight is 247 g/mol. The van der Waals surface area contributed by atoms with E-state index in [4.69, 9.17) is 0 Å². The smallest absolute Gasteiger partial charge is 0.143 e. The number of carbonyl (C=O) groups is 2. The van der Waals surface area contributed by atoms with Gasteiger partial charge in [0, 0.05) is 6.54 Å². The predicted octanol–water partition coefficient (Wildman–Crippen LogP) is 2.28. The van der Waals surface area contributed by atoms with E-state index >= 15 is 0 Å². The fourth-order valence-corrected chi connectivity index (χ4v) is 2.22. The molecule has 0 atom stereocenters. The molecule has 0 radical (unpaired) electrons. The van der Waals surface area contributed by atoms with Crippen molar-refractivity contribution in [3.63, 3.8) is 0 Å². The van der Waals surface area contributed by atoms with Gasteiger partial charge in [0.2, 0.25) is 0 Å². The molecule has 1 aromatic rings. The van der Waals surface area contributed by atoms with Crippen LogP contribution >= 0.6 is 0 Å². The van der Waals surface area contributed by atoms with Crippen LogP contribution in [0.1, 0.15) is 30.5 Å². The van der Waals surface area contributed by atoms with Crippen LogP contribution in [0.3, 0.4) is 0 Å². The molecule has 0 fully saturated rings. The summed E-state index contributed by atoms with van der Waals surface area (Å²) in [7, 11) is 0. The Hall–Kier alpha value is -1.48. The van der Waals surface area contributed by atoms with E-state index in [1.54, 1.807) is 13.8 Å². The molecule has 0 N–H and O–H groups in total. The van der Waals surface area contributed by atoms with Crippen LogP contribution in [0.5, 0.6) is 0 Å². The zero-order valence-electron chi connectivity index (χ0n) is 11.6. The van der Waals surface area contributed by atoms with Crippen LogP contribution in [0.25, 0.3) is 0 Å². The van der Waals surface area contributed by atoms with Gasteiger partial charge in [-0.25, -0.2) is 0 Å². The second kappa shape index (κ2) is 6.45. The second-order valence-electron chi connectivity index (χ2n) is 5.05. The van der Waals surface area contributed by atoms with Gasteiger partial charge in [-0.1, -0.05) is 29.3 Å².